The van der Waals surface area contributed by atoms with E-state index in [9.17, 15) is 9.59 Å². The van der Waals surface area contributed by atoms with Crippen molar-refractivity contribution in [3.05, 3.63) is 28.2 Å². The molecule has 0 aliphatic carbocycles. The molecule has 0 unspecified atom stereocenters. The maximum Gasteiger partial charge on any atom is 0.271 e. The van der Waals surface area contributed by atoms with Gasteiger partial charge in [-0.3, -0.25) is 9.59 Å². The van der Waals surface area contributed by atoms with E-state index in [4.69, 9.17) is 5.11 Å². The van der Waals surface area contributed by atoms with Crippen LogP contribution < -0.4 is 10.9 Å². The molecular formula is C13H21N3O3. The molecule has 1 aromatic heterocycles. The summed E-state index contributed by atoms with van der Waals surface area (Å²) in [6.07, 6.45) is 1.53. The fourth-order valence-corrected chi connectivity index (χ4v) is 1.68. The molecule has 0 bridgehead atoms. The van der Waals surface area contributed by atoms with Crippen molar-refractivity contribution in [1.29, 1.82) is 0 Å². The topological polar surface area (TPSA) is 84.2 Å². The lowest BCUT2D eigenvalue weighted by molar-refractivity contribution is 0.0925. The number of nitrogens with one attached hydrogen (secondary N) is 1. The summed E-state index contributed by atoms with van der Waals surface area (Å²) in [5, 5.41) is 15.5. The molecule has 1 rings (SSSR count). The first-order valence-corrected chi connectivity index (χ1v) is 6.29. The lowest BCUT2D eigenvalue weighted by atomic mass is 9.88. The molecule has 1 amide bonds. The number of nitrogens with zero attached hydrogens (tertiary/aromatic N) is 2. The number of hydrogen-bond donors (Lipinski definition) is 2. The number of aromatic nitrogens is 2. The molecule has 0 radical (unpaired) electrons. The van der Waals surface area contributed by atoms with Crippen LogP contribution in [0.1, 0.15) is 37.2 Å². The molecule has 0 saturated heterocycles. The van der Waals surface area contributed by atoms with E-state index in [0.29, 0.717) is 13.0 Å². The van der Waals surface area contributed by atoms with Crippen LogP contribution >= 0.6 is 0 Å². The van der Waals surface area contributed by atoms with Gasteiger partial charge in [-0.05, 0) is 24.3 Å². The molecule has 0 aliphatic rings. The Balaban J connectivity index is 2.60. The molecule has 106 valence electrons. The molecule has 19 heavy (non-hydrogen) atoms. The van der Waals surface area contributed by atoms with Gasteiger partial charge in [-0.15, -0.1) is 0 Å². The Hall–Kier alpha value is -1.69. The Morgan fingerprint density at radius 1 is 1.47 bits per heavy atom. The van der Waals surface area contributed by atoms with Crippen molar-refractivity contribution in [2.24, 2.45) is 12.5 Å². The number of aliphatic hydroxyl groups is 1. The number of aliphatic hydroxyl groups excluding tert-OH is 1. The molecule has 0 spiro atoms. The second kappa shape index (κ2) is 6.47. The highest BCUT2D eigenvalue weighted by Crippen LogP contribution is 2.20. The van der Waals surface area contributed by atoms with Crippen molar-refractivity contribution in [1.82, 2.24) is 15.1 Å². The normalized spacial score (nSPS) is 11.4. The van der Waals surface area contributed by atoms with Crippen molar-refractivity contribution < 1.29 is 9.90 Å². The van der Waals surface area contributed by atoms with Gasteiger partial charge in [0, 0.05) is 26.3 Å². The van der Waals surface area contributed by atoms with Gasteiger partial charge in [0.25, 0.3) is 11.5 Å². The number of amides is 1. The summed E-state index contributed by atoms with van der Waals surface area (Å²) < 4.78 is 1.13. The Morgan fingerprint density at radius 3 is 2.74 bits per heavy atom. The van der Waals surface area contributed by atoms with Crippen LogP contribution in [-0.2, 0) is 7.05 Å². The second-order valence-corrected chi connectivity index (χ2v) is 5.35. The van der Waals surface area contributed by atoms with E-state index < -0.39 is 0 Å². The summed E-state index contributed by atoms with van der Waals surface area (Å²) >= 11 is 0. The summed E-state index contributed by atoms with van der Waals surface area (Å²) in [5.74, 6) is -0.298. The van der Waals surface area contributed by atoms with E-state index in [-0.39, 0.29) is 29.2 Å². The van der Waals surface area contributed by atoms with Crippen LogP contribution in [0.5, 0.6) is 0 Å². The molecule has 0 saturated carbocycles. The molecule has 1 heterocycles. The average Bonchev–Trinajstić information content (AvgIpc) is 2.37. The number of aryl methyl sites for hydroxylation is 1. The molecule has 0 atom stereocenters. The monoisotopic (exact) mass is 267 g/mol. The van der Waals surface area contributed by atoms with Crippen molar-refractivity contribution in [3.8, 4) is 0 Å². The van der Waals surface area contributed by atoms with Gasteiger partial charge in [-0.2, -0.15) is 5.10 Å². The third-order valence-electron chi connectivity index (χ3n) is 2.93. The van der Waals surface area contributed by atoms with E-state index in [1.54, 1.807) is 0 Å². The summed E-state index contributed by atoms with van der Waals surface area (Å²) in [4.78, 5) is 23.1. The zero-order valence-corrected chi connectivity index (χ0v) is 11.6. The van der Waals surface area contributed by atoms with E-state index >= 15 is 0 Å². The predicted octanol–water partition coefficient (Wildman–Crippen LogP) is 0.309. The van der Waals surface area contributed by atoms with Gasteiger partial charge in [0.05, 0.1) is 0 Å². The predicted molar refractivity (Wildman–Crippen MR) is 71.9 cm³/mol. The van der Waals surface area contributed by atoms with Crippen LogP contribution in [0, 0.1) is 5.41 Å². The largest absolute Gasteiger partial charge is 0.396 e. The highest BCUT2D eigenvalue weighted by Gasteiger charge is 2.19. The van der Waals surface area contributed by atoms with Crippen molar-refractivity contribution in [2.75, 3.05) is 13.2 Å². The quantitative estimate of drug-likeness (QED) is 0.777. The number of hydrogen-bond acceptors (Lipinski definition) is 4. The molecule has 0 fully saturated rings. The zero-order chi connectivity index (χ0) is 14.5. The lowest BCUT2D eigenvalue weighted by Crippen LogP contribution is -2.35. The summed E-state index contributed by atoms with van der Waals surface area (Å²) in [6.45, 7) is 4.70. The minimum absolute atomic E-state index is 0.0843. The van der Waals surface area contributed by atoms with E-state index in [0.717, 1.165) is 11.1 Å². The van der Waals surface area contributed by atoms with Crippen molar-refractivity contribution in [3.63, 3.8) is 0 Å². The van der Waals surface area contributed by atoms with Crippen LogP contribution in [0.15, 0.2) is 16.9 Å². The summed E-state index contributed by atoms with van der Waals surface area (Å²) in [7, 11) is 1.50. The van der Waals surface area contributed by atoms with Crippen molar-refractivity contribution in [2.45, 2.75) is 26.7 Å². The van der Waals surface area contributed by atoms with Crippen LogP contribution in [0.25, 0.3) is 0 Å². The Bertz CT molecular complexity index is 494. The SMILES string of the molecule is Cn1nc(C(=O)NCC(C)(C)CCCO)ccc1=O. The number of rotatable bonds is 6. The molecule has 6 heteroatoms. The third-order valence-corrected chi connectivity index (χ3v) is 2.93. The van der Waals surface area contributed by atoms with E-state index in [2.05, 4.69) is 10.4 Å². The van der Waals surface area contributed by atoms with Crippen LogP contribution in [0.4, 0.5) is 0 Å². The van der Waals surface area contributed by atoms with Gasteiger partial charge in [-0.1, -0.05) is 13.8 Å². The molecule has 1 aromatic rings. The summed E-state index contributed by atoms with van der Waals surface area (Å²) in [6, 6.07) is 2.73. The average molecular weight is 267 g/mol. The number of carbonyl (C=O) groups excluding carboxylic acids is 1. The Kier molecular flexibility index (Phi) is 5.23. The van der Waals surface area contributed by atoms with Crippen LogP contribution in [-0.4, -0.2) is 33.9 Å². The minimum atomic E-state index is -0.298. The Labute approximate surface area is 112 Å². The van der Waals surface area contributed by atoms with Crippen LogP contribution in [0.3, 0.4) is 0 Å². The highest BCUT2D eigenvalue weighted by molar-refractivity contribution is 5.91. The van der Waals surface area contributed by atoms with E-state index in [1.165, 1.54) is 19.2 Å². The van der Waals surface area contributed by atoms with Crippen molar-refractivity contribution >= 4 is 5.91 Å². The van der Waals surface area contributed by atoms with Gasteiger partial charge < -0.3 is 10.4 Å². The van der Waals surface area contributed by atoms with Gasteiger partial charge >= 0.3 is 0 Å². The van der Waals surface area contributed by atoms with Gasteiger partial charge in [0.1, 0.15) is 5.69 Å². The molecule has 6 nitrogen and oxygen atoms in total. The first kappa shape index (κ1) is 15.4. The minimum Gasteiger partial charge on any atom is -0.396 e. The maximum atomic E-state index is 11.9. The first-order chi connectivity index (χ1) is 8.85. The van der Waals surface area contributed by atoms with Gasteiger partial charge in [0.15, 0.2) is 0 Å². The Morgan fingerprint density at radius 2 is 2.16 bits per heavy atom. The zero-order valence-electron chi connectivity index (χ0n) is 11.6. The highest BCUT2D eigenvalue weighted by atomic mass is 16.3. The molecular weight excluding hydrogens is 246 g/mol. The number of carbonyl (C=O) groups is 1. The fraction of sp³-hybridized carbons (Fsp3) is 0.615. The standard InChI is InChI=1S/C13H21N3O3/c1-13(2,7-4-8-17)9-14-12(19)10-5-6-11(18)16(3)15-10/h5-6,17H,4,7-9H2,1-3H3,(H,14,19). The molecule has 2 N–H and O–H groups in total. The summed E-state index contributed by atoms with van der Waals surface area (Å²) in [5.41, 5.74) is -0.112. The fourth-order valence-electron chi connectivity index (χ4n) is 1.68. The smallest absolute Gasteiger partial charge is 0.271 e. The first-order valence-electron chi connectivity index (χ1n) is 6.29. The maximum absolute atomic E-state index is 11.9. The van der Waals surface area contributed by atoms with Gasteiger partial charge in [0.2, 0.25) is 0 Å². The third kappa shape index (κ3) is 4.82. The van der Waals surface area contributed by atoms with Gasteiger partial charge in [-0.25, -0.2) is 4.68 Å². The van der Waals surface area contributed by atoms with E-state index in [1.807, 2.05) is 13.8 Å². The molecule has 0 aromatic carbocycles. The van der Waals surface area contributed by atoms with Crippen LogP contribution in [0.2, 0.25) is 0 Å². The molecule has 0 aliphatic heterocycles. The second-order valence-electron chi connectivity index (χ2n) is 5.35. The lowest BCUT2D eigenvalue weighted by Gasteiger charge is -2.24.